The number of rotatable bonds is 7. The number of fused-ring (bicyclic) bond motifs is 1. The first kappa shape index (κ1) is 18.0. The molecule has 138 valence electrons. The summed E-state index contributed by atoms with van der Waals surface area (Å²) in [4.78, 5) is 23.0. The maximum atomic E-state index is 13.0. The van der Waals surface area contributed by atoms with Crippen LogP contribution in [0, 0.1) is 0 Å². The molecule has 0 N–H and O–H groups in total. The van der Waals surface area contributed by atoms with Crippen molar-refractivity contribution < 1.29 is 19.0 Å². The largest absolute Gasteiger partial charge is 0.490 e. The lowest BCUT2D eigenvalue weighted by atomic mass is 10.1. The van der Waals surface area contributed by atoms with E-state index in [9.17, 15) is 4.79 Å². The molecule has 0 atom stereocenters. The lowest BCUT2D eigenvalue weighted by molar-refractivity contribution is 0.0749. The minimum absolute atomic E-state index is 0.104. The highest BCUT2D eigenvalue weighted by molar-refractivity contribution is 5.96. The molecule has 2 aromatic rings. The third-order valence-electron chi connectivity index (χ3n) is 4.03. The minimum Gasteiger partial charge on any atom is -0.490 e. The highest BCUT2D eigenvalue weighted by Gasteiger charge is 2.27. The Hall–Kier alpha value is -2.83. The molecule has 1 amide bonds. The van der Waals surface area contributed by atoms with Crippen molar-refractivity contribution >= 4 is 5.91 Å². The van der Waals surface area contributed by atoms with E-state index in [0.29, 0.717) is 55.7 Å². The van der Waals surface area contributed by atoms with Gasteiger partial charge in [0.1, 0.15) is 6.33 Å². The van der Waals surface area contributed by atoms with Gasteiger partial charge in [-0.1, -0.05) is 0 Å². The number of ether oxygens (including phenoxy) is 3. The summed E-state index contributed by atoms with van der Waals surface area (Å²) in [5.74, 6) is 1.46. The fourth-order valence-corrected chi connectivity index (χ4v) is 2.94. The molecule has 1 aliphatic rings. The Balaban J connectivity index is 1.92. The Bertz CT molecular complexity index is 742. The van der Waals surface area contributed by atoms with Crippen LogP contribution in [0.5, 0.6) is 17.2 Å². The molecule has 0 spiro atoms. The molecule has 7 heteroatoms. The van der Waals surface area contributed by atoms with E-state index >= 15 is 0 Å². The Kier molecular flexibility index (Phi) is 5.55. The number of carbonyl (C=O) groups excluding carboxylic acids is 1. The summed E-state index contributed by atoms with van der Waals surface area (Å²) in [6.45, 7) is 8.05. The molecule has 0 bridgehead atoms. The summed E-state index contributed by atoms with van der Waals surface area (Å²) < 4.78 is 17.1. The average Bonchev–Trinajstić information content (AvgIpc) is 3.08. The van der Waals surface area contributed by atoms with Gasteiger partial charge in [-0.25, -0.2) is 9.97 Å². The second-order valence-corrected chi connectivity index (χ2v) is 5.76. The summed E-state index contributed by atoms with van der Waals surface area (Å²) in [6.07, 6.45) is 3.26. The molecule has 0 fully saturated rings. The van der Waals surface area contributed by atoms with E-state index in [0.717, 1.165) is 11.3 Å². The van der Waals surface area contributed by atoms with Gasteiger partial charge in [-0.15, -0.1) is 0 Å². The molecular formula is C19H23N3O4. The first-order chi connectivity index (χ1) is 12.7. The summed E-state index contributed by atoms with van der Waals surface area (Å²) in [5, 5.41) is 0. The highest BCUT2D eigenvalue weighted by atomic mass is 16.5. The van der Waals surface area contributed by atoms with Crippen LogP contribution in [0.2, 0.25) is 0 Å². The molecule has 0 saturated carbocycles. The molecule has 3 rings (SSSR count). The Morgan fingerprint density at radius 1 is 1.04 bits per heavy atom. The standard InChI is InChI=1S/C19H23N3O4/c1-4-24-16-7-13(8-17(25-5-2)18(16)26-6-3)19(23)22-10-14-9-20-12-21-15(14)11-22/h7-9,12H,4-6,10-11H2,1-3H3. The summed E-state index contributed by atoms with van der Waals surface area (Å²) >= 11 is 0. The second-order valence-electron chi connectivity index (χ2n) is 5.76. The number of nitrogens with zero attached hydrogens (tertiary/aromatic N) is 3. The van der Waals surface area contributed by atoms with Gasteiger partial charge in [-0.3, -0.25) is 4.79 Å². The first-order valence-electron chi connectivity index (χ1n) is 8.81. The van der Waals surface area contributed by atoms with Crippen LogP contribution >= 0.6 is 0 Å². The van der Waals surface area contributed by atoms with E-state index in [4.69, 9.17) is 14.2 Å². The van der Waals surface area contributed by atoms with Crippen molar-refractivity contribution in [2.45, 2.75) is 33.9 Å². The van der Waals surface area contributed by atoms with Crippen molar-refractivity contribution in [2.24, 2.45) is 0 Å². The zero-order valence-corrected chi connectivity index (χ0v) is 15.3. The minimum atomic E-state index is -0.104. The zero-order chi connectivity index (χ0) is 18.5. The summed E-state index contributed by atoms with van der Waals surface area (Å²) in [7, 11) is 0. The molecular weight excluding hydrogens is 334 g/mol. The van der Waals surface area contributed by atoms with Crippen LogP contribution < -0.4 is 14.2 Å². The van der Waals surface area contributed by atoms with Gasteiger partial charge in [0.25, 0.3) is 5.91 Å². The van der Waals surface area contributed by atoms with Crippen LogP contribution in [0.15, 0.2) is 24.7 Å². The molecule has 7 nitrogen and oxygen atoms in total. The predicted molar refractivity (Wildman–Crippen MR) is 95.6 cm³/mol. The lowest BCUT2D eigenvalue weighted by Crippen LogP contribution is -2.25. The number of benzene rings is 1. The monoisotopic (exact) mass is 357 g/mol. The van der Waals surface area contributed by atoms with E-state index < -0.39 is 0 Å². The van der Waals surface area contributed by atoms with Gasteiger partial charge in [0.05, 0.1) is 32.1 Å². The van der Waals surface area contributed by atoms with Gasteiger partial charge >= 0.3 is 0 Å². The zero-order valence-electron chi connectivity index (χ0n) is 15.3. The van der Waals surface area contributed by atoms with Crippen LogP contribution in [-0.2, 0) is 13.1 Å². The van der Waals surface area contributed by atoms with Gasteiger partial charge in [0, 0.05) is 23.9 Å². The van der Waals surface area contributed by atoms with Crippen LogP contribution in [0.1, 0.15) is 42.4 Å². The highest BCUT2D eigenvalue weighted by Crippen LogP contribution is 2.39. The number of aromatic nitrogens is 2. The van der Waals surface area contributed by atoms with Crippen LogP contribution in [0.4, 0.5) is 0 Å². The quantitative estimate of drug-likeness (QED) is 0.759. The molecule has 0 unspecified atom stereocenters. The lowest BCUT2D eigenvalue weighted by Gasteiger charge is -2.19. The van der Waals surface area contributed by atoms with Gasteiger partial charge in [0.15, 0.2) is 11.5 Å². The molecule has 0 saturated heterocycles. The smallest absolute Gasteiger partial charge is 0.254 e. The van der Waals surface area contributed by atoms with E-state index in [1.165, 1.54) is 6.33 Å². The first-order valence-corrected chi connectivity index (χ1v) is 8.81. The SMILES string of the molecule is CCOc1cc(C(=O)N2Cc3cncnc3C2)cc(OCC)c1OCC. The maximum absolute atomic E-state index is 13.0. The fraction of sp³-hybridized carbons (Fsp3) is 0.421. The summed E-state index contributed by atoms with van der Waals surface area (Å²) in [6, 6.07) is 3.43. The molecule has 1 aromatic heterocycles. The summed E-state index contributed by atoms with van der Waals surface area (Å²) in [5.41, 5.74) is 2.36. The molecule has 1 aromatic carbocycles. The molecule has 2 heterocycles. The van der Waals surface area contributed by atoms with Gasteiger partial charge < -0.3 is 19.1 Å². The molecule has 1 aliphatic heterocycles. The van der Waals surface area contributed by atoms with E-state index in [-0.39, 0.29) is 5.91 Å². The van der Waals surface area contributed by atoms with Crippen LogP contribution in [-0.4, -0.2) is 40.6 Å². The molecule has 0 aliphatic carbocycles. The van der Waals surface area contributed by atoms with Crippen molar-refractivity contribution in [3.63, 3.8) is 0 Å². The Morgan fingerprint density at radius 3 is 2.27 bits per heavy atom. The third kappa shape index (κ3) is 3.56. The van der Waals surface area contributed by atoms with E-state index in [2.05, 4.69) is 9.97 Å². The predicted octanol–water partition coefficient (Wildman–Crippen LogP) is 2.83. The van der Waals surface area contributed by atoms with Crippen molar-refractivity contribution in [3.8, 4) is 17.2 Å². The van der Waals surface area contributed by atoms with Crippen molar-refractivity contribution in [1.29, 1.82) is 0 Å². The molecule has 0 radical (unpaired) electrons. The van der Waals surface area contributed by atoms with E-state index in [1.807, 2.05) is 20.8 Å². The van der Waals surface area contributed by atoms with Crippen molar-refractivity contribution in [2.75, 3.05) is 19.8 Å². The fourth-order valence-electron chi connectivity index (χ4n) is 2.94. The normalized spacial score (nSPS) is 12.7. The van der Waals surface area contributed by atoms with Crippen LogP contribution in [0.25, 0.3) is 0 Å². The van der Waals surface area contributed by atoms with Crippen molar-refractivity contribution in [3.05, 3.63) is 41.5 Å². The van der Waals surface area contributed by atoms with Crippen molar-refractivity contribution in [1.82, 2.24) is 14.9 Å². The van der Waals surface area contributed by atoms with Gasteiger partial charge in [-0.05, 0) is 32.9 Å². The maximum Gasteiger partial charge on any atom is 0.254 e. The number of amides is 1. The number of carbonyl (C=O) groups is 1. The average molecular weight is 357 g/mol. The van der Waals surface area contributed by atoms with Gasteiger partial charge in [-0.2, -0.15) is 0 Å². The Labute approximate surface area is 152 Å². The second kappa shape index (κ2) is 8.03. The van der Waals surface area contributed by atoms with Crippen LogP contribution in [0.3, 0.4) is 0 Å². The topological polar surface area (TPSA) is 73.8 Å². The number of hydrogen-bond donors (Lipinski definition) is 0. The van der Waals surface area contributed by atoms with Gasteiger partial charge in [0.2, 0.25) is 5.75 Å². The number of hydrogen-bond acceptors (Lipinski definition) is 6. The van der Waals surface area contributed by atoms with E-state index in [1.54, 1.807) is 23.2 Å². The molecule has 26 heavy (non-hydrogen) atoms. The Morgan fingerprint density at radius 2 is 1.69 bits per heavy atom. The third-order valence-corrected chi connectivity index (χ3v) is 4.03.